The highest BCUT2D eigenvalue weighted by Gasteiger charge is 2.20. The van der Waals surface area contributed by atoms with Crippen molar-refractivity contribution in [2.45, 2.75) is 32.4 Å². The van der Waals surface area contributed by atoms with E-state index in [4.69, 9.17) is 10.5 Å². The van der Waals surface area contributed by atoms with E-state index < -0.39 is 0 Å². The molecule has 1 aliphatic rings. The predicted molar refractivity (Wildman–Crippen MR) is 105 cm³/mol. The van der Waals surface area contributed by atoms with Crippen molar-refractivity contribution in [2.24, 2.45) is 5.73 Å². The molecular weight excluding hydrogens is 324 g/mol. The molecule has 0 saturated heterocycles. The summed E-state index contributed by atoms with van der Waals surface area (Å²) in [6.07, 6.45) is 4.39. The zero-order valence-corrected chi connectivity index (χ0v) is 15.9. The molecule has 26 heavy (non-hydrogen) atoms. The Balaban J connectivity index is 2.10. The fourth-order valence-corrected chi connectivity index (χ4v) is 3.34. The molecule has 0 amide bonds. The van der Waals surface area contributed by atoms with Gasteiger partial charge in [0, 0.05) is 19.1 Å². The Hall–Kier alpha value is -2.59. The molecule has 1 aliphatic heterocycles. The van der Waals surface area contributed by atoms with E-state index >= 15 is 0 Å². The van der Waals surface area contributed by atoms with Crippen molar-refractivity contribution in [3.8, 4) is 11.1 Å². The van der Waals surface area contributed by atoms with E-state index in [0.29, 0.717) is 0 Å². The van der Waals surface area contributed by atoms with Crippen LogP contribution in [0.4, 0.5) is 0 Å². The number of methoxy groups -OCH3 is 1. The standard InChI is InChI=1S/C22H26N2O2/c1-22(2,23)17-8-5-15(6-9-17)18-10-7-16-14-24(3)12-11-19(16)20(18)13-21(25)26-4/h5-12H,13-14,23H2,1-4H3. The number of rotatable bonds is 4. The average molecular weight is 350 g/mol. The molecule has 3 rings (SSSR count). The lowest BCUT2D eigenvalue weighted by atomic mass is 9.87. The Labute approximate surface area is 155 Å². The minimum atomic E-state index is -0.378. The molecule has 1 heterocycles. The van der Waals surface area contributed by atoms with Gasteiger partial charge in [-0.05, 0) is 59.5 Å². The summed E-state index contributed by atoms with van der Waals surface area (Å²) in [6.45, 7) is 4.82. The summed E-state index contributed by atoms with van der Waals surface area (Å²) in [7, 11) is 3.47. The molecule has 0 saturated carbocycles. The number of benzene rings is 2. The van der Waals surface area contributed by atoms with Gasteiger partial charge in [0.15, 0.2) is 0 Å². The number of fused-ring (bicyclic) bond motifs is 1. The van der Waals surface area contributed by atoms with Crippen LogP contribution in [0.1, 0.15) is 36.1 Å². The van der Waals surface area contributed by atoms with Crippen molar-refractivity contribution in [1.82, 2.24) is 4.90 Å². The molecule has 2 N–H and O–H groups in total. The SMILES string of the molecule is COC(=O)Cc1c(-c2ccc(C(C)(C)N)cc2)ccc2c1C=CN(C)C2. The summed E-state index contributed by atoms with van der Waals surface area (Å²) in [5.41, 5.74) is 12.4. The molecule has 0 unspecified atom stereocenters. The minimum absolute atomic E-state index is 0.230. The van der Waals surface area contributed by atoms with E-state index in [0.717, 1.165) is 34.4 Å². The van der Waals surface area contributed by atoms with Gasteiger partial charge >= 0.3 is 5.97 Å². The number of nitrogens with zero attached hydrogens (tertiary/aromatic N) is 1. The van der Waals surface area contributed by atoms with Crippen LogP contribution in [0.5, 0.6) is 0 Å². The molecule has 0 atom stereocenters. The maximum absolute atomic E-state index is 12.0. The van der Waals surface area contributed by atoms with Crippen LogP contribution in [0.25, 0.3) is 17.2 Å². The number of carbonyl (C=O) groups excluding carboxylic acids is 1. The second-order valence-electron chi connectivity index (χ2n) is 7.45. The Morgan fingerprint density at radius 2 is 1.88 bits per heavy atom. The quantitative estimate of drug-likeness (QED) is 0.855. The highest BCUT2D eigenvalue weighted by Crippen LogP contribution is 2.33. The van der Waals surface area contributed by atoms with Crippen molar-refractivity contribution >= 4 is 12.0 Å². The van der Waals surface area contributed by atoms with Crippen LogP contribution in [0, 0.1) is 0 Å². The highest BCUT2D eigenvalue weighted by atomic mass is 16.5. The van der Waals surface area contributed by atoms with Crippen molar-refractivity contribution in [1.29, 1.82) is 0 Å². The molecule has 4 nitrogen and oxygen atoms in total. The van der Waals surface area contributed by atoms with Gasteiger partial charge in [-0.2, -0.15) is 0 Å². The third kappa shape index (κ3) is 3.65. The largest absolute Gasteiger partial charge is 0.469 e. The predicted octanol–water partition coefficient (Wildman–Crippen LogP) is 3.68. The van der Waals surface area contributed by atoms with E-state index in [1.807, 2.05) is 27.1 Å². The summed E-state index contributed by atoms with van der Waals surface area (Å²) >= 11 is 0. The van der Waals surface area contributed by atoms with Gasteiger partial charge in [-0.1, -0.05) is 36.4 Å². The zero-order chi connectivity index (χ0) is 18.9. The fourth-order valence-electron chi connectivity index (χ4n) is 3.34. The lowest BCUT2D eigenvalue weighted by molar-refractivity contribution is -0.139. The van der Waals surface area contributed by atoms with Crippen LogP contribution in [0.15, 0.2) is 42.6 Å². The number of carbonyl (C=O) groups is 1. The number of nitrogens with two attached hydrogens (primary N) is 1. The average Bonchev–Trinajstić information content (AvgIpc) is 2.61. The molecule has 136 valence electrons. The van der Waals surface area contributed by atoms with Crippen LogP contribution < -0.4 is 5.73 Å². The minimum Gasteiger partial charge on any atom is -0.469 e. The first-order chi connectivity index (χ1) is 12.3. The normalized spacial score (nSPS) is 13.5. The van der Waals surface area contributed by atoms with Gasteiger partial charge in [0.2, 0.25) is 0 Å². The van der Waals surface area contributed by atoms with Gasteiger partial charge < -0.3 is 15.4 Å². The smallest absolute Gasteiger partial charge is 0.310 e. The summed E-state index contributed by atoms with van der Waals surface area (Å²) in [4.78, 5) is 14.2. The van der Waals surface area contributed by atoms with Crippen molar-refractivity contribution in [3.05, 3.63) is 64.9 Å². The fraction of sp³-hybridized carbons (Fsp3) is 0.318. The van der Waals surface area contributed by atoms with E-state index in [-0.39, 0.29) is 17.9 Å². The number of esters is 1. The van der Waals surface area contributed by atoms with Gasteiger partial charge in [0.1, 0.15) is 0 Å². The molecule has 2 aromatic rings. The van der Waals surface area contributed by atoms with Crippen LogP contribution in [0.3, 0.4) is 0 Å². The number of hydrogen-bond acceptors (Lipinski definition) is 4. The molecule has 0 bridgehead atoms. The molecule has 0 aliphatic carbocycles. The van der Waals surface area contributed by atoms with E-state index in [9.17, 15) is 4.79 Å². The Morgan fingerprint density at radius 3 is 2.50 bits per heavy atom. The van der Waals surface area contributed by atoms with Crippen LogP contribution in [-0.2, 0) is 28.0 Å². The molecule has 2 aromatic carbocycles. The van der Waals surface area contributed by atoms with Crippen molar-refractivity contribution < 1.29 is 9.53 Å². The molecule has 0 fully saturated rings. The Kier molecular flexibility index (Phi) is 4.88. The molecule has 0 radical (unpaired) electrons. The Bertz CT molecular complexity index is 846. The lowest BCUT2D eigenvalue weighted by Gasteiger charge is -2.25. The first-order valence-corrected chi connectivity index (χ1v) is 8.79. The summed E-state index contributed by atoms with van der Waals surface area (Å²) in [5.74, 6) is -0.230. The molecular formula is C22H26N2O2. The third-order valence-corrected chi connectivity index (χ3v) is 4.85. The molecule has 0 aromatic heterocycles. The zero-order valence-electron chi connectivity index (χ0n) is 15.9. The second-order valence-corrected chi connectivity index (χ2v) is 7.45. The first kappa shape index (κ1) is 18.2. The maximum atomic E-state index is 12.0. The Morgan fingerprint density at radius 1 is 1.19 bits per heavy atom. The third-order valence-electron chi connectivity index (χ3n) is 4.85. The first-order valence-electron chi connectivity index (χ1n) is 8.79. The molecule has 4 heteroatoms. The van der Waals surface area contributed by atoms with Gasteiger partial charge in [0.25, 0.3) is 0 Å². The molecule has 0 spiro atoms. The van der Waals surface area contributed by atoms with Gasteiger partial charge in [-0.3, -0.25) is 4.79 Å². The van der Waals surface area contributed by atoms with Gasteiger partial charge in [-0.15, -0.1) is 0 Å². The van der Waals surface area contributed by atoms with Crippen LogP contribution in [-0.4, -0.2) is 25.0 Å². The van der Waals surface area contributed by atoms with Crippen molar-refractivity contribution in [3.63, 3.8) is 0 Å². The number of ether oxygens (including phenoxy) is 1. The lowest BCUT2D eigenvalue weighted by Crippen LogP contribution is -2.28. The maximum Gasteiger partial charge on any atom is 0.310 e. The van der Waals surface area contributed by atoms with Gasteiger partial charge in [-0.25, -0.2) is 0 Å². The van der Waals surface area contributed by atoms with Crippen LogP contribution >= 0.6 is 0 Å². The summed E-state index contributed by atoms with van der Waals surface area (Å²) < 4.78 is 4.93. The summed E-state index contributed by atoms with van der Waals surface area (Å²) in [5, 5.41) is 0. The van der Waals surface area contributed by atoms with E-state index in [1.165, 1.54) is 12.7 Å². The summed E-state index contributed by atoms with van der Waals surface area (Å²) in [6, 6.07) is 12.5. The van der Waals surface area contributed by atoms with E-state index in [2.05, 4.69) is 47.4 Å². The second kappa shape index (κ2) is 6.96. The van der Waals surface area contributed by atoms with Gasteiger partial charge in [0.05, 0.1) is 13.5 Å². The van der Waals surface area contributed by atoms with Crippen LogP contribution in [0.2, 0.25) is 0 Å². The topological polar surface area (TPSA) is 55.6 Å². The van der Waals surface area contributed by atoms with Crippen molar-refractivity contribution in [2.75, 3.05) is 14.2 Å². The monoisotopic (exact) mass is 350 g/mol. The highest BCUT2D eigenvalue weighted by molar-refractivity contribution is 5.82. The van der Waals surface area contributed by atoms with E-state index in [1.54, 1.807) is 0 Å². The number of hydrogen-bond donors (Lipinski definition) is 1.